The minimum absolute atomic E-state index is 0.0136. The molecule has 0 aromatic heterocycles. The number of rotatable bonds is 6. The van der Waals surface area contributed by atoms with Gasteiger partial charge in [0.2, 0.25) is 10.0 Å². The summed E-state index contributed by atoms with van der Waals surface area (Å²) in [5, 5.41) is 11.6. The van der Waals surface area contributed by atoms with E-state index in [0.717, 1.165) is 25.7 Å². The first kappa shape index (κ1) is 17.2. The summed E-state index contributed by atoms with van der Waals surface area (Å²) < 4.78 is 26.5. The first-order valence-electron chi connectivity index (χ1n) is 7.11. The van der Waals surface area contributed by atoms with Gasteiger partial charge in [-0.2, -0.15) is 4.31 Å². The zero-order chi connectivity index (χ0) is 15.4. The highest BCUT2D eigenvalue weighted by molar-refractivity contribution is 7.89. The molecule has 20 heavy (non-hydrogen) atoms. The Hall–Kier alpha value is -0.820. The Morgan fingerprint density at radius 2 is 1.90 bits per heavy atom. The van der Waals surface area contributed by atoms with Crippen LogP contribution in [0.5, 0.6) is 0 Å². The SMILES string of the molecule is CC(C)(C)CCS(=O)(=O)N(CC(N)=NO)C1CCCC1. The number of amidine groups is 1. The average Bonchev–Trinajstić information content (AvgIpc) is 2.85. The maximum atomic E-state index is 12.5. The molecule has 6 nitrogen and oxygen atoms in total. The molecule has 1 rings (SSSR count). The minimum Gasteiger partial charge on any atom is -0.409 e. The highest BCUT2D eigenvalue weighted by Crippen LogP contribution is 2.27. The van der Waals surface area contributed by atoms with E-state index in [2.05, 4.69) is 5.16 Å². The Bertz CT molecular complexity index is 434. The molecule has 7 heteroatoms. The van der Waals surface area contributed by atoms with Crippen LogP contribution in [0.15, 0.2) is 5.16 Å². The molecule has 0 atom stereocenters. The van der Waals surface area contributed by atoms with Crippen molar-refractivity contribution in [2.24, 2.45) is 16.3 Å². The molecule has 1 aliphatic carbocycles. The molecule has 0 radical (unpaired) electrons. The van der Waals surface area contributed by atoms with Crippen molar-refractivity contribution in [3.8, 4) is 0 Å². The molecule has 0 bridgehead atoms. The molecule has 0 heterocycles. The van der Waals surface area contributed by atoms with Gasteiger partial charge in [-0.3, -0.25) is 0 Å². The second kappa shape index (κ2) is 6.76. The van der Waals surface area contributed by atoms with E-state index in [4.69, 9.17) is 10.9 Å². The molecule has 0 saturated heterocycles. The van der Waals surface area contributed by atoms with Crippen LogP contribution in [0.25, 0.3) is 0 Å². The molecule has 1 saturated carbocycles. The number of sulfonamides is 1. The van der Waals surface area contributed by atoms with Crippen LogP contribution in [0.3, 0.4) is 0 Å². The van der Waals surface area contributed by atoms with Gasteiger partial charge >= 0.3 is 0 Å². The second-order valence-corrected chi connectivity index (χ2v) is 8.74. The van der Waals surface area contributed by atoms with Crippen LogP contribution in [0, 0.1) is 5.41 Å². The first-order chi connectivity index (χ1) is 9.15. The summed E-state index contributed by atoms with van der Waals surface area (Å²) in [5.74, 6) is 0.0438. The Morgan fingerprint density at radius 3 is 2.35 bits per heavy atom. The van der Waals surface area contributed by atoms with Gasteiger partial charge < -0.3 is 10.9 Å². The van der Waals surface area contributed by atoms with E-state index in [1.807, 2.05) is 20.8 Å². The van der Waals surface area contributed by atoms with Crippen molar-refractivity contribution in [2.45, 2.75) is 58.9 Å². The largest absolute Gasteiger partial charge is 0.409 e. The molecule has 3 N–H and O–H groups in total. The summed E-state index contributed by atoms with van der Waals surface area (Å²) in [4.78, 5) is 0. The monoisotopic (exact) mass is 305 g/mol. The Kier molecular flexibility index (Phi) is 5.82. The molecule has 118 valence electrons. The van der Waals surface area contributed by atoms with Gasteiger partial charge in [0.1, 0.15) is 0 Å². The standard InChI is InChI=1S/C13H27N3O3S/c1-13(2,3)8-9-20(18,19)16(10-12(14)15-17)11-6-4-5-7-11/h11,17H,4-10H2,1-3H3,(H2,14,15). The van der Waals surface area contributed by atoms with Crippen molar-refractivity contribution in [1.82, 2.24) is 4.31 Å². The fraction of sp³-hybridized carbons (Fsp3) is 0.923. The van der Waals surface area contributed by atoms with Crippen LogP contribution in [0.4, 0.5) is 0 Å². The van der Waals surface area contributed by atoms with Crippen molar-refractivity contribution in [3.63, 3.8) is 0 Å². The molecule has 0 unspecified atom stereocenters. The third kappa shape index (κ3) is 5.28. The van der Waals surface area contributed by atoms with Crippen molar-refractivity contribution in [1.29, 1.82) is 0 Å². The van der Waals surface area contributed by atoms with Crippen LogP contribution in [0.1, 0.15) is 52.9 Å². The number of oxime groups is 1. The van der Waals surface area contributed by atoms with Crippen molar-refractivity contribution in [2.75, 3.05) is 12.3 Å². The van der Waals surface area contributed by atoms with Gasteiger partial charge in [-0.05, 0) is 24.7 Å². The summed E-state index contributed by atoms with van der Waals surface area (Å²) in [5.41, 5.74) is 5.48. The van der Waals surface area contributed by atoms with E-state index in [-0.39, 0.29) is 29.6 Å². The molecule has 0 aliphatic heterocycles. The highest BCUT2D eigenvalue weighted by Gasteiger charge is 2.33. The lowest BCUT2D eigenvalue weighted by atomic mass is 9.94. The van der Waals surface area contributed by atoms with Gasteiger partial charge in [-0.25, -0.2) is 8.42 Å². The van der Waals surface area contributed by atoms with Crippen LogP contribution < -0.4 is 5.73 Å². The van der Waals surface area contributed by atoms with E-state index >= 15 is 0 Å². The van der Waals surface area contributed by atoms with Gasteiger partial charge in [0.15, 0.2) is 5.84 Å². The number of hydrogen-bond acceptors (Lipinski definition) is 4. The zero-order valence-electron chi connectivity index (χ0n) is 12.7. The number of hydrogen-bond donors (Lipinski definition) is 2. The van der Waals surface area contributed by atoms with Gasteiger partial charge in [0, 0.05) is 6.04 Å². The minimum atomic E-state index is -3.38. The third-order valence-electron chi connectivity index (χ3n) is 3.65. The second-order valence-electron chi connectivity index (χ2n) is 6.70. The number of nitrogens with two attached hydrogens (primary N) is 1. The molecule has 1 fully saturated rings. The average molecular weight is 305 g/mol. The predicted molar refractivity (Wildman–Crippen MR) is 80.2 cm³/mol. The van der Waals surface area contributed by atoms with E-state index < -0.39 is 10.0 Å². The normalized spacial score (nSPS) is 18.9. The van der Waals surface area contributed by atoms with E-state index in [1.165, 1.54) is 4.31 Å². The Labute approximate surface area is 122 Å². The Morgan fingerprint density at radius 1 is 1.35 bits per heavy atom. The lowest BCUT2D eigenvalue weighted by molar-refractivity contribution is 0.307. The van der Waals surface area contributed by atoms with Crippen molar-refractivity contribution < 1.29 is 13.6 Å². The fourth-order valence-corrected chi connectivity index (χ4v) is 4.49. The van der Waals surface area contributed by atoms with Crippen molar-refractivity contribution in [3.05, 3.63) is 0 Å². The fourth-order valence-electron chi connectivity index (χ4n) is 2.39. The lowest BCUT2D eigenvalue weighted by Crippen LogP contribution is -2.45. The van der Waals surface area contributed by atoms with Crippen molar-refractivity contribution >= 4 is 15.9 Å². The van der Waals surface area contributed by atoms with Gasteiger partial charge in [-0.15, -0.1) is 0 Å². The summed E-state index contributed by atoms with van der Waals surface area (Å²) in [7, 11) is -3.38. The highest BCUT2D eigenvalue weighted by atomic mass is 32.2. The van der Waals surface area contributed by atoms with Crippen LogP contribution in [-0.4, -0.2) is 42.1 Å². The summed E-state index contributed by atoms with van der Waals surface area (Å²) in [6.45, 7) is 6.04. The molecule has 1 aliphatic rings. The maximum Gasteiger partial charge on any atom is 0.214 e. The van der Waals surface area contributed by atoms with Crippen LogP contribution in [-0.2, 0) is 10.0 Å². The molecule has 0 spiro atoms. The first-order valence-corrected chi connectivity index (χ1v) is 8.72. The molecule has 0 amide bonds. The topological polar surface area (TPSA) is 96.0 Å². The van der Waals surface area contributed by atoms with Gasteiger partial charge in [0.05, 0.1) is 12.3 Å². The molecule has 0 aromatic carbocycles. The summed E-state index contributed by atoms with van der Waals surface area (Å²) >= 11 is 0. The van der Waals surface area contributed by atoms with E-state index in [9.17, 15) is 8.42 Å². The predicted octanol–water partition coefficient (Wildman–Crippen LogP) is 1.74. The molecular weight excluding hydrogens is 278 g/mol. The van der Waals surface area contributed by atoms with Crippen LogP contribution in [0.2, 0.25) is 0 Å². The lowest BCUT2D eigenvalue weighted by Gasteiger charge is -2.29. The zero-order valence-corrected chi connectivity index (χ0v) is 13.5. The van der Waals surface area contributed by atoms with E-state index in [1.54, 1.807) is 0 Å². The van der Waals surface area contributed by atoms with Gasteiger partial charge in [0.25, 0.3) is 0 Å². The number of nitrogens with zero attached hydrogens (tertiary/aromatic N) is 2. The van der Waals surface area contributed by atoms with Crippen LogP contribution >= 0.6 is 0 Å². The quantitative estimate of drug-likeness (QED) is 0.338. The smallest absolute Gasteiger partial charge is 0.214 e. The van der Waals surface area contributed by atoms with E-state index in [0.29, 0.717) is 6.42 Å². The van der Waals surface area contributed by atoms with Gasteiger partial charge in [-0.1, -0.05) is 38.8 Å². The third-order valence-corrected chi connectivity index (χ3v) is 5.51. The summed E-state index contributed by atoms with van der Waals surface area (Å²) in [6.07, 6.45) is 4.37. The summed E-state index contributed by atoms with van der Waals surface area (Å²) in [6, 6.07) is -0.0136. The molecule has 0 aromatic rings. The maximum absolute atomic E-state index is 12.5. The molecular formula is C13H27N3O3S. The Balaban J connectivity index is 2.84.